The van der Waals surface area contributed by atoms with Crippen molar-refractivity contribution in [2.45, 2.75) is 0 Å². The number of ether oxygens (including phenoxy) is 1. The van der Waals surface area contributed by atoms with Gasteiger partial charge in [0, 0.05) is 12.3 Å². The van der Waals surface area contributed by atoms with E-state index in [2.05, 4.69) is 15.4 Å². The summed E-state index contributed by atoms with van der Waals surface area (Å²) in [5.41, 5.74) is 0.340. The van der Waals surface area contributed by atoms with Crippen LogP contribution in [0.1, 0.15) is 10.4 Å². The van der Waals surface area contributed by atoms with Gasteiger partial charge in [-0.05, 0) is 24.3 Å². The number of hydrogen-bond acceptors (Lipinski definition) is 5. The Morgan fingerprint density at radius 2 is 1.96 bits per heavy atom. The number of hydrogen-bond donors (Lipinski definition) is 2. The van der Waals surface area contributed by atoms with Crippen LogP contribution in [0.2, 0.25) is 5.15 Å². The Morgan fingerprint density at radius 1 is 1.19 bits per heavy atom. The average Bonchev–Trinajstić information content (AvgIpc) is 3.01. The summed E-state index contributed by atoms with van der Waals surface area (Å²) in [6, 6.07) is 13.1. The molecule has 0 aliphatic rings. The molecule has 9 heteroatoms. The zero-order valence-electron chi connectivity index (χ0n) is 13.3. The predicted octanol–water partition coefficient (Wildman–Crippen LogP) is 2.01. The van der Waals surface area contributed by atoms with Crippen molar-refractivity contribution < 1.29 is 14.3 Å². The molecule has 0 saturated carbocycles. The van der Waals surface area contributed by atoms with E-state index in [9.17, 15) is 14.4 Å². The quantitative estimate of drug-likeness (QED) is 0.526. The fourth-order valence-electron chi connectivity index (χ4n) is 2.16. The van der Waals surface area contributed by atoms with Crippen molar-refractivity contribution in [1.82, 2.24) is 14.8 Å². The van der Waals surface area contributed by atoms with Crippen LogP contribution in [0.5, 0.6) is 0 Å². The lowest BCUT2D eigenvalue weighted by Gasteiger charge is -2.06. The molecule has 0 bridgehead atoms. The molecule has 0 atom stereocenters. The molecule has 2 aromatic heterocycles. The van der Waals surface area contributed by atoms with Gasteiger partial charge in [0.15, 0.2) is 6.61 Å². The zero-order chi connectivity index (χ0) is 18.5. The van der Waals surface area contributed by atoms with Crippen molar-refractivity contribution in [2.75, 3.05) is 11.9 Å². The maximum Gasteiger partial charge on any atom is 0.341 e. The lowest BCUT2D eigenvalue weighted by molar-refractivity contribution is -0.119. The second-order valence-electron chi connectivity index (χ2n) is 5.15. The van der Waals surface area contributed by atoms with Crippen LogP contribution in [-0.2, 0) is 9.53 Å². The number of halogens is 1. The molecule has 1 amide bonds. The molecule has 132 valence electrons. The molecule has 0 saturated heterocycles. The van der Waals surface area contributed by atoms with E-state index in [4.69, 9.17) is 16.3 Å². The number of esters is 1. The summed E-state index contributed by atoms with van der Waals surface area (Å²) < 4.78 is 6.17. The smallest absolute Gasteiger partial charge is 0.341 e. The molecule has 2 N–H and O–H groups in total. The van der Waals surface area contributed by atoms with Crippen LogP contribution in [0, 0.1) is 0 Å². The second-order valence-corrected chi connectivity index (χ2v) is 5.50. The molecule has 3 rings (SSSR count). The highest BCUT2D eigenvalue weighted by Gasteiger charge is 2.15. The number of carbonyl (C=O) groups is 2. The predicted molar refractivity (Wildman–Crippen MR) is 94.5 cm³/mol. The normalized spacial score (nSPS) is 10.3. The third kappa shape index (κ3) is 3.98. The van der Waals surface area contributed by atoms with Gasteiger partial charge < -0.3 is 10.1 Å². The molecule has 0 aliphatic carbocycles. The first-order valence-corrected chi connectivity index (χ1v) is 7.87. The minimum atomic E-state index is -0.770. The molecule has 0 radical (unpaired) electrons. The van der Waals surface area contributed by atoms with E-state index in [-0.39, 0.29) is 22.1 Å². The fraction of sp³-hybridized carbons (Fsp3) is 0.0588. The summed E-state index contributed by atoms with van der Waals surface area (Å²) >= 11 is 5.79. The summed E-state index contributed by atoms with van der Waals surface area (Å²) in [5.74, 6) is -1.20. The first kappa shape index (κ1) is 17.4. The highest BCUT2D eigenvalue weighted by molar-refractivity contribution is 6.32. The first-order chi connectivity index (χ1) is 12.5. The van der Waals surface area contributed by atoms with Gasteiger partial charge in [-0.15, -0.1) is 0 Å². The largest absolute Gasteiger partial charge is 0.452 e. The minimum Gasteiger partial charge on any atom is -0.452 e. The van der Waals surface area contributed by atoms with Crippen molar-refractivity contribution in [1.29, 1.82) is 0 Å². The van der Waals surface area contributed by atoms with Crippen LogP contribution >= 0.6 is 11.6 Å². The Morgan fingerprint density at radius 3 is 2.69 bits per heavy atom. The van der Waals surface area contributed by atoms with Gasteiger partial charge in [-0.2, -0.15) is 0 Å². The number of amides is 1. The van der Waals surface area contributed by atoms with Crippen LogP contribution in [-0.4, -0.2) is 33.2 Å². The minimum absolute atomic E-state index is 0.0119. The number of para-hydroxylation sites is 1. The van der Waals surface area contributed by atoms with E-state index in [0.717, 1.165) is 0 Å². The van der Waals surface area contributed by atoms with E-state index >= 15 is 0 Å². The van der Waals surface area contributed by atoms with E-state index in [1.54, 1.807) is 24.3 Å². The molecular weight excluding hydrogens is 360 g/mol. The molecule has 0 fully saturated rings. The van der Waals surface area contributed by atoms with Gasteiger partial charge >= 0.3 is 5.97 Å². The van der Waals surface area contributed by atoms with Gasteiger partial charge in [0.1, 0.15) is 11.0 Å². The number of H-pyrrole nitrogens is 1. The third-order valence-electron chi connectivity index (χ3n) is 3.32. The Bertz CT molecular complexity index is 997. The molecule has 0 aliphatic heterocycles. The summed E-state index contributed by atoms with van der Waals surface area (Å²) in [7, 11) is 0. The number of benzene rings is 1. The van der Waals surface area contributed by atoms with Crippen LogP contribution in [0.25, 0.3) is 5.69 Å². The van der Waals surface area contributed by atoms with Crippen molar-refractivity contribution in [3.05, 3.63) is 75.8 Å². The number of nitrogens with one attached hydrogen (secondary N) is 2. The van der Waals surface area contributed by atoms with Gasteiger partial charge in [0.2, 0.25) is 0 Å². The summed E-state index contributed by atoms with van der Waals surface area (Å²) in [6.07, 6.45) is 1.43. The molecule has 0 spiro atoms. The Labute approximate surface area is 152 Å². The Kier molecular flexibility index (Phi) is 5.14. The highest BCUT2D eigenvalue weighted by Crippen LogP contribution is 2.12. The summed E-state index contributed by atoms with van der Waals surface area (Å²) in [4.78, 5) is 39.5. The number of rotatable bonds is 5. The van der Waals surface area contributed by atoms with E-state index in [1.807, 2.05) is 6.07 Å². The van der Waals surface area contributed by atoms with Crippen molar-refractivity contribution >= 4 is 29.3 Å². The van der Waals surface area contributed by atoms with E-state index in [0.29, 0.717) is 5.69 Å². The van der Waals surface area contributed by atoms with E-state index in [1.165, 1.54) is 29.1 Å². The molecule has 26 heavy (non-hydrogen) atoms. The van der Waals surface area contributed by atoms with Crippen molar-refractivity contribution in [3.63, 3.8) is 0 Å². The second kappa shape index (κ2) is 7.66. The molecule has 2 heterocycles. The molecular formula is C17H13ClN4O4. The van der Waals surface area contributed by atoms with E-state index < -0.39 is 18.5 Å². The van der Waals surface area contributed by atoms with Crippen molar-refractivity contribution in [2.24, 2.45) is 0 Å². The monoisotopic (exact) mass is 372 g/mol. The SMILES string of the molecule is O=C(COC(=O)c1cccnc1Cl)Nc1cc(=O)n(-c2ccccc2)[nH]1. The number of anilines is 1. The van der Waals surface area contributed by atoms with Gasteiger partial charge in [-0.25, -0.2) is 14.5 Å². The highest BCUT2D eigenvalue weighted by atomic mass is 35.5. The molecule has 0 unspecified atom stereocenters. The Balaban J connectivity index is 1.62. The Hall–Kier alpha value is -3.39. The van der Waals surface area contributed by atoms with Crippen LogP contribution in [0.4, 0.5) is 5.82 Å². The maximum absolute atomic E-state index is 12.0. The zero-order valence-corrected chi connectivity index (χ0v) is 14.1. The van der Waals surface area contributed by atoms with Crippen LogP contribution in [0.15, 0.2) is 59.5 Å². The van der Waals surface area contributed by atoms with Gasteiger partial charge in [-0.1, -0.05) is 29.8 Å². The molecule has 1 aromatic carbocycles. The first-order valence-electron chi connectivity index (χ1n) is 7.49. The number of nitrogens with zero attached hydrogens (tertiary/aromatic N) is 2. The van der Waals surface area contributed by atoms with Gasteiger partial charge in [-0.3, -0.25) is 14.7 Å². The standard InChI is InChI=1S/C17H13ClN4O4/c18-16-12(7-4-8-19-16)17(25)26-10-14(23)20-13-9-15(24)22(21-13)11-5-2-1-3-6-11/h1-9,21H,10H2,(H,20,23). The van der Waals surface area contributed by atoms with Crippen LogP contribution in [0.3, 0.4) is 0 Å². The topological polar surface area (TPSA) is 106 Å². The van der Waals surface area contributed by atoms with Crippen LogP contribution < -0.4 is 10.9 Å². The number of aromatic amines is 1. The molecule has 3 aromatic rings. The number of pyridine rings is 1. The lowest BCUT2D eigenvalue weighted by Crippen LogP contribution is -2.21. The molecule has 8 nitrogen and oxygen atoms in total. The number of aromatic nitrogens is 3. The lowest BCUT2D eigenvalue weighted by atomic mass is 10.3. The third-order valence-corrected chi connectivity index (χ3v) is 3.62. The summed E-state index contributed by atoms with van der Waals surface area (Å²) in [6.45, 7) is -0.539. The maximum atomic E-state index is 12.0. The average molecular weight is 373 g/mol. The number of carbonyl (C=O) groups excluding carboxylic acids is 2. The van der Waals surface area contributed by atoms with Gasteiger partial charge in [0.05, 0.1) is 11.3 Å². The fourth-order valence-corrected chi connectivity index (χ4v) is 2.36. The van der Waals surface area contributed by atoms with Gasteiger partial charge in [0.25, 0.3) is 11.5 Å². The van der Waals surface area contributed by atoms with Crippen molar-refractivity contribution in [3.8, 4) is 5.69 Å². The summed E-state index contributed by atoms with van der Waals surface area (Å²) in [5, 5.41) is 5.20.